The first kappa shape index (κ1) is 13.7. The number of halogens is 4. The van der Waals surface area contributed by atoms with Crippen LogP contribution in [-0.4, -0.2) is 11.3 Å². The maximum absolute atomic E-state index is 11.8. The molecule has 0 saturated carbocycles. The van der Waals surface area contributed by atoms with E-state index in [1.54, 1.807) is 0 Å². The van der Waals surface area contributed by atoms with Gasteiger partial charge < -0.3 is 0 Å². The Morgan fingerprint density at radius 2 is 1.81 bits per heavy atom. The molecule has 1 unspecified atom stereocenters. The van der Waals surface area contributed by atoms with Crippen molar-refractivity contribution in [2.24, 2.45) is 0 Å². The Hall–Kier alpha value is -0.350. The van der Waals surface area contributed by atoms with Gasteiger partial charge in [0.1, 0.15) is 0 Å². The minimum atomic E-state index is -4.13. The van der Waals surface area contributed by atoms with Crippen molar-refractivity contribution in [1.29, 1.82) is 0 Å². The van der Waals surface area contributed by atoms with Crippen molar-refractivity contribution in [3.8, 4) is 0 Å². The number of rotatable bonds is 5. The molecule has 0 spiro atoms. The van der Waals surface area contributed by atoms with Crippen LogP contribution in [0.3, 0.4) is 0 Å². The zero-order valence-electron chi connectivity index (χ0n) is 8.51. The van der Waals surface area contributed by atoms with Crippen LogP contribution in [0.2, 0.25) is 0 Å². The average molecular weight is 269 g/mol. The van der Waals surface area contributed by atoms with Gasteiger partial charge in [0.15, 0.2) is 0 Å². The summed E-state index contributed by atoms with van der Waals surface area (Å²) in [6.45, 7) is 0. The quantitative estimate of drug-likeness (QED) is 0.535. The van der Waals surface area contributed by atoms with Crippen molar-refractivity contribution in [1.82, 2.24) is 0 Å². The first-order valence-corrected chi connectivity index (χ1v) is 6.31. The van der Waals surface area contributed by atoms with Gasteiger partial charge in [0.05, 0.1) is 5.38 Å². The highest BCUT2D eigenvalue weighted by Gasteiger charge is 2.27. The average Bonchev–Trinajstić information content (AvgIpc) is 2.24. The second kappa shape index (κ2) is 6.40. The van der Waals surface area contributed by atoms with E-state index in [0.29, 0.717) is 12.8 Å². The highest BCUT2D eigenvalue weighted by molar-refractivity contribution is 8.00. The molecule has 1 aromatic rings. The molecule has 0 aliphatic rings. The summed E-state index contributed by atoms with van der Waals surface area (Å²) in [6, 6.07) is 9.39. The highest BCUT2D eigenvalue weighted by atomic mass is 35.5. The third-order valence-corrected chi connectivity index (χ3v) is 3.32. The molecule has 5 heteroatoms. The van der Waals surface area contributed by atoms with Crippen molar-refractivity contribution < 1.29 is 13.2 Å². The molecule has 90 valence electrons. The number of hydrogen-bond donors (Lipinski definition) is 0. The Bertz CT molecular complexity index is 300. The van der Waals surface area contributed by atoms with Gasteiger partial charge in [0.25, 0.3) is 0 Å². The fraction of sp³-hybridized carbons (Fsp3) is 0.455. The van der Waals surface area contributed by atoms with Gasteiger partial charge in [-0.1, -0.05) is 42.1 Å². The third-order valence-electron chi connectivity index (χ3n) is 2.03. The Balaban J connectivity index is 2.24. The lowest BCUT2D eigenvalue weighted by atomic mass is 10.1. The molecule has 0 bridgehead atoms. The fourth-order valence-corrected chi connectivity index (χ4v) is 2.12. The van der Waals surface area contributed by atoms with Gasteiger partial charge in [0, 0.05) is 5.75 Å². The second-order valence-corrected chi connectivity index (χ2v) is 5.00. The standard InChI is InChI=1S/C11H12ClF3S/c12-10(9-5-2-1-3-6-9)7-4-8-16-11(13,14)15/h1-3,5-6,10H,4,7-8H2. The second-order valence-electron chi connectivity index (χ2n) is 3.31. The van der Waals surface area contributed by atoms with Gasteiger partial charge in [-0.05, 0) is 18.4 Å². The molecule has 0 nitrogen and oxygen atoms in total. The Kier molecular flexibility index (Phi) is 5.49. The van der Waals surface area contributed by atoms with Gasteiger partial charge in [-0.2, -0.15) is 13.2 Å². The van der Waals surface area contributed by atoms with E-state index >= 15 is 0 Å². The van der Waals surface area contributed by atoms with Crippen LogP contribution in [0.4, 0.5) is 13.2 Å². The summed E-state index contributed by atoms with van der Waals surface area (Å²) in [7, 11) is 0. The van der Waals surface area contributed by atoms with Crippen molar-refractivity contribution in [3.05, 3.63) is 35.9 Å². The molecule has 1 atom stereocenters. The van der Waals surface area contributed by atoms with Gasteiger partial charge in [-0.3, -0.25) is 0 Å². The van der Waals surface area contributed by atoms with Crippen LogP contribution in [0.15, 0.2) is 30.3 Å². The summed E-state index contributed by atoms with van der Waals surface area (Å²) >= 11 is 6.08. The number of benzene rings is 1. The first-order chi connectivity index (χ1) is 7.49. The molecule has 0 N–H and O–H groups in total. The van der Waals surface area contributed by atoms with Crippen LogP contribution in [0.5, 0.6) is 0 Å². The first-order valence-electron chi connectivity index (χ1n) is 4.89. The van der Waals surface area contributed by atoms with Crippen molar-refractivity contribution >= 4 is 23.4 Å². The number of hydrogen-bond acceptors (Lipinski definition) is 1. The zero-order valence-corrected chi connectivity index (χ0v) is 10.1. The van der Waals surface area contributed by atoms with E-state index in [0.717, 1.165) is 5.56 Å². The Morgan fingerprint density at radius 1 is 1.19 bits per heavy atom. The van der Waals surface area contributed by atoms with E-state index in [4.69, 9.17) is 11.6 Å². The molecule has 16 heavy (non-hydrogen) atoms. The van der Waals surface area contributed by atoms with Crippen LogP contribution in [0.1, 0.15) is 23.8 Å². The molecular weight excluding hydrogens is 257 g/mol. The zero-order chi connectivity index (χ0) is 12.0. The smallest absolute Gasteiger partial charge is 0.160 e. The predicted molar refractivity (Wildman–Crippen MR) is 62.8 cm³/mol. The molecule has 0 fully saturated rings. The van der Waals surface area contributed by atoms with E-state index in [-0.39, 0.29) is 22.9 Å². The van der Waals surface area contributed by atoms with E-state index in [9.17, 15) is 13.2 Å². The van der Waals surface area contributed by atoms with E-state index in [1.807, 2.05) is 30.3 Å². The Labute approximate surface area is 102 Å². The molecule has 0 aliphatic carbocycles. The fourth-order valence-electron chi connectivity index (χ4n) is 1.28. The minimum Gasteiger partial charge on any atom is -0.160 e. The lowest BCUT2D eigenvalue weighted by molar-refractivity contribution is -0.0328. The predicted octanol–water partition coefficient (Wildman–Crippen LogP) is 5.00. The molecule has 0 aliphatic heterocycles. The van der Waals surface area contributed by atoms with Crippen LogP contribution < -0.4 is 0 Å². The van der Waals surface area contributed by atoms with E-state index in [1.165, 1.54) is 0 Å². The summed E-state index contributed by atoms with van der Waals surface area (Å²) < 4.78 is 35.5. The maximum atomic E-state index is 11.8. The van der Waals surface area contributed by atoms with Crippen LogP contribution in [0.25, 0.3) is 0 Å². The third kappa shape index (κ3) is 5.66. The van der Waals surface area contributed by atoms with Crippen molar-refractivity contribution in [2.45, 2.75) is 23.7 Å². The monoisotopic (exact) mass is 268 g/mol. The normalized spacial score (nSPS) is 13.8. The highest BCUT2D eigenvalue weighted by Crippen LogP contribution is 2.32. The molecule has 0 radical (unpaired) electrons. The number of thioether (sulfide) groups is 1. The minimum absolute atomic E-state index is 0.0121. The lowest BCUT2D eigenvalue weighted by Gasteiger charge is -2.10. The molecule has 1 aromatic carbocycles. The van der Waals surface area contributed by atoms with Crippen molar-refractivity contribution in [2.75, 3.05) is 5.75 Å². The Morgan fingerprint density at radius 3 is 2.38 bits per heavy atom. The SMILES string of the molecule is FC(F)(F)SCCCC(Cl)c1ccccc1. The summed E-state index contributed by atoms with van der Waals surface area (Å²) in [5, 5.41) is -0.199. The van der Waals surface area contributed by atoms with Gasteiger partial charge in [-0.15, -0.1) is 11.6 Å². The maximum Gasteiger partial charge on any atom is 0.441 e. The summed E-state index contributed by atoms with van der Waals surface area (Å²) in [5.74, 6) is 0.0690. The summed E-state index contributed by atoms with van der Waals surface area (Å²) in [6.07, 6.45) is 1.03. The lowest BCUT2D eigenvalue weighted by Crippen LogP contribution is -2.02. The molecular formula is C11H12ClF3S. The molecule has 0 saturated heterocycles. The van der Waals surface area contributed by atoms with Gasteiger partial charge in [0.2, 0.25) is 0 Å². The summed E-state index contributed by atoms with van der Waals surface area (Å²) in [4.78, 5) is 0. The molecule has 0 aromatic heterocycles. The summed E-state index contributed by atoms with van der Waals surface area (Å²) in [5.41, 5.74) is -3.17. The number of alkyl halides is 4. The van der Waals surface area contributed by atoms with Crippen LogP contribution >= 0.6 is 23.4 Å². The molecule has 0 amide bonds. The molecule has 0 heterocycles. The van der Waals surface area contributed by atoms with Crippen molar-refractivity contribution in [3.63, 3.8) is 0 Å². The largest absolute Gasteiger partial charge is 0.441 e. The molecule has 1 rings (SSSR count). The van der Waals surface area contributed by atoms with Gasteiger partial charge in [-0.25, -0.2) is 0 Å². The van der Waals surface area contributed by atoms with Crippen LogP contribution in [-0.2, 0) is 0 Å². The van der Waals surface area contributed by atoms with Gasteiger partial charge >= 0.3 is 5.51 Å². The van der Waals surface area contributed by atoms with E-state index < -0.39 is 5.51 Å². The topological polar surface area (TPSA) is 0 Å². The van der Waals surface area contributed by atoms with E-state index in [2.05, 4.69) is 0 Å². The van der Waals surface area contributed by atoms with Crippen LogP contribution in [0, 0.1) is 0 Å².